The van der Waals surface area contributed by atoms with E-state index in [1.54, 1.807) is 0 Å². The van der Waals surface area contributed by atoms with Gasteiger partial charge >= 0.3 is 0 Å². The Bertz CT molecular complexity index is 755. The summed E-state index contributed by atoms with van der Waals surface area (Å²) in [6, 6.07) is 7.43. The van der Waals surface area contributed by atoms with E-state index in [0.717, 1.165) is 25.2 Å². The molecule has 0 amide bonds. The minimum atomic E-state index is -0.602. The number of aromatic amines is 1. The van der Waals surface area contributed by atoms with Crippen molar-refractivity contribution in [3.05, 3.63) is 35.5 Å². The number of fused-ring (bicyclic) bond motifs is 1. The fraction of sp³-hybridized carbons (Fsp3) is 0.652. The second-order valence-corrected chi connectivity index (χ2v) is 9.36. The van der Waals surface area contributed by atoms with Gasteiger partial charge in [0.1, 0.15) is 0 Å². The molecule has 2 aliphatic rings. The van der Waals surface area contributed by atoms with Crippen molar-refractivity contribution in [2.75, 3.05) is 26.2 Å². The van der Waals surface area contributed by atoms with Crippen molar-refractivity contribution in [1.82, 2.24) is 15.2 Å². The minimum Gasteiger partial charge on any atom is -0.390 e. The van der Waals surface area contributed by atoms with E-state index in [9.17, 15) is 5.11 Å². The van der Waals surface area contributed by atoms with Gasteiger partial charge in [0.15, 0.2) is 0 Å². The summed E-state index contributed by atoms with van der Waals surface area (Å²) in [6.45, 7) is 8.70. The lowest BCUT2D eigenvalue weighted by atomic mass is 9.96. The summed E-state index contributed by atoms with van der Waals surface area (Å²) in [7, 11) is 0. The van der Waals surface area contributed by atoms with Crippen LogP contribution >= 0.6 is 0 Å². The fourth-order valence-electron chi connectivity index (χ4n) is 4.82. The number of aryl methyl sites for hydroxylation is 1. The number of aromatic nitrogens is 1. The first-order valence-corrected chi connectivity index (χ1v) is 10.7. The molecule has 0 radical (unpaired) electrons. The molecule has 0 saturated carbocycles. The van der Waals surface area contributed by atoms with E-state index in [-0.39, 0.29) is 0 Å². The molecule has 2 saturated heterocycles. The monoisotopic (exact) mass is 369 g/mol. The highest BCUT2D eigenvalue weighted by atomic mass is 16.3. The highest BCUT2D eigenvalue weighted by Gasteiger charge is 2.28. The lowest BCUT2D eigenvalue weighted by Gasteiger charge is -2.27. The van der Waals surface area contributed by atoms with E-state index in [1.165, 1.54) is 67.5 Å². The van der Waals surface area contributed by atoms with Gasteiger partial charge in [-0.1, -0.05) is 6.07 Å². The Hall–Kier alpha value is -1.36. The summed E-state index contributed by atoms with van der Waals surface area (Å²) in [5.41, 5.74) is 3.42. The van der Waals surface area contributed by atoms with Crippen LogP contribution in [0.2, 0.25) is 0 Å². The average Bonchev–Trinajstić information content (AvgIpc) is 3.36. The van der Waals surface area contributed by atoms with E-state index in [2.05, 4.69) is 39.6 Å². The molecule has 2 aromatic rings. The molecular weight excluding hydrogens is 334 g/mol. The maximum absolute atomic E-state index is 10.0. The Kier molecular flexibility index (Phi) is 5.58. The van der Waals surface area contributed by atoms with Crippen molar-refractivity contribution in [2.45, 2.75) is 64.0 Å². The van der Waals surface area contributed by atoms with Gasteiger partial charge in [-0.3, -0.25) is 4.90 Å². The van der Waals surface area contributed by atoms with Crippen LogP contribution in [0.3, 0.4) is 0 Å². The first-order chi connectivity index (χ1) is 13.0. The molecule has 148 valence electrons. The molecule has 4 nitrogen and oxygen atoms in total. The topological polar surface area (TPSA) is 51.3 Å². The van der Waals surface area contributed by atoms with Crippen LogP contribution in [0.25, 0.3) is 10.9 Å². The highest BCUT2D eigenvalue weighted by molar-refractivity contribution is 5.84. The van der Waals surface area contributed by atoms with Gasteiger partial charge < -0.3 is 15.4 Å². The summed E-state index contributed by atoms with van der Waals surface area (Å²) in [6.07, 6.45) is 9.08. The number of H-pyrrole nitrogens is 1. The molecule has 1 aromatic heterocycles. The minimum absolute atomic E-state index is 0.602. The van der Waals surface area contributed by atoms with E-state index in [0.29, 0.717) is 6.04 Å². The Morgan fingerprint density at radius 2 is 2.15 bits per heavy atom. The van der Waals surface area contributed by atoms with Crippen molar-refractivity contribution in [3.8, 4) is 0 Å². The number of hydrogen-bond acceptors (Lipinski definition) is 3. The normalized spacial score (nSPS) is 24.3. The zero-order valence-electron chi connectivity index (χ0n) is 16.9. The Labute approximate surface area is 163 Å². The zero-order chi connectivity index (χ0) is 18.9. The van der Waals surface area contributed by atoms with E-state index in [4.69, 9.17) is 0 Å². The molecule has 0 bridgehead atoms. The Morgan fingerprint density at radius 1 is 1.26 bits per heavy atom. The number of hydrogen-bond donors (Lipinski definition) is 3. The van der Waals surface area contributed by atoms with Crippen LogP contribution in [0.4, 0.5) is 0 Å². The largest absolute Gasteiger partial charge is 0.390 e. The lowest BCUT2D eigenvalue weighted by molar-refractivity contribution is 0.0714. The predicted octanol–water partition coefficient (Wildman–Crippen LogP) is 3.49. The molecule has 1 unspecified atom stereocenters. The number of aliphatic hydroxyl groups is 1. The second-order valence-electron chi connectivity index (χ2n) is 9.36. The number of rotatable bonds is 7. The van der Waals surface area contributed by atoms with Crippen LogP contribution in [-0.4, -0.2) is 52.8 Å². The van der Waals surface area contributed by atoms with Gasteiger partial charge in [0.05, 0.1) is 5.60 Å². The third-order valence-electron chi connectivity index (χ3n) is 6.47. The molecule has 0 aliphatic carbocycles. The molecule has 2 aliphatic heterocycles. The third kappa shape index (κ3) is 4.74. The smallest absolute Gasteiger partial charge is 0.0594 e. The van der Waals surface area contributed by atoms with Crippen molar-refractivity contribution in [1.29, 1.82) is 0 Å². The van der Waals surface area contributed by atoms with Crippen LogP contribution < -0.4 is 5.32 Å². The number of likely N-dealkylation sites (tertiary alicyclic amines) is 1. The molecule has 2 fully saturated rings. The van der Waals surface area contributed by atoms with Gasteiger partial charge in [0.25, 0.3) is 0 Å². The lowest BCUT2D eigenvalue weighted by Crippen LogP contribution is -2.36. The van der Waals surface area contributed by atoms with Crippen molar-refractivity contribution >= 4 is 10.9 Å². The molecule has 0 spiro atoms. The summed E-state index contributed by atoms with van der Waals surface area (Å²) >= 11 is 0. The summed E-state index contributed by atoms with van der Waals surface area (Å²) in [5, 5.41) is 14.9. The van der Waals surface area contributed by atoms with Gasteiger partial charge in [0, 0.05) is 29.7 Å². The molecule has 3 N–H and O–H groups in total. The zero-order valence-corrected chi connectivity index (χ0v) is 16.9. The second kappa shape index (κ2) is 7.94. The fourth-order valence-corrected chi connectivity index (χ4v) is 4.82. The Morgan fingerprint density at radius 3 is 2.93 bits per heavy atom. The third-order valence-corrected chi connectivity index (χ3v) is 6.47. The van der Waals surface area contributed by atoms with Crippen molar-refractivity contribution < 1.29 is 5.11 Å². The van der Waals surface area contributed by atoms with Crippen molar-refractivity contribution in [3.63, 3.8) is 0 Å². The summed E-state index contributed by atoms with van der Waals surface area (Å²) < 4.78 is 0. The van der Waals surface area contributed by atoms with Gasteiger partial charge in [-0.15, -0.1) is 0 Å². The SMILES string of the molecule is CC(C)(O)CCc1ccc2[nH]cc(C[C@H]3CCCN3CC3CCNC3)c2c1. The van der Waals surface area contributed by atoms with Crippen LogP contribution in [0.15, 0.2) is 24.4 Å². The van der Waals surface area contributed by atoms with E-state index in [1.807, 2.05) is 13.8 Å². The van der Waals surface area contributed by atoms with E-state index >= 15 is 0 Å². The van der Waals surface area contributed by atoms with Gasteiger partial charge in [-0.25, -0.2) is 0 Å². The first-order valence-electron chi connectivity index (χ1n) is 10.7. The number of nitrogens with one attached hydrogen (secondary N) is 2. The molecular formula is C23H35N3O. The van der Waals surface area contributed by atoms with Gasteiger partial charge in [-0.05, 0) is 101 Å². The quantitative estimate of drug-likeness (QED) is 0.700. The maximum Gasteiger partial charge on any atom is 0.0594 e. The molecule has 1 aromatic carbocycles. The van der Waals surface area contributed by atoms with E-state index < -0.39 is 5.60 Å². The molecule has 4 rings (SSSR count). The number of benzene rings is 1. The first kappa shape index (κ1) is 19.0. The summed E-state index contributed by atoms with van der Waals surface area (Å²) in [4.78, 5) is 6.22. The summed E-state index contributed by atoms with van der Waals surface area (Å²) in [5.74, 6) is 0.835. The molecule has 2 atom stereocenters. The standard InChI is InChI=1S/C23H35N3O/c1-23(2,27)9-7-17-5-6-22-21(12-17)19(15-25-22)13-20-4-3-11-26(20)16-18-8-10-24-14-18/h5-6,12,15,18,20,24-25,27H,3-4,7-11,13-14,16H2,1-2H3/t18?,20-/m1/s1. The maximum atomic E-state index is 10.0. The molecule has 27 heavy (non-hydrogen) atoms. The van der Waals surface area contributed by atoms with Crippen LogP contribution in [-0.2, 0) is 12.8 Å². The Balaban J connectivity index is 1.46. The van der Waals surface area contributed by atoms with Gasteiger partial charge in [-0.2, -0.15) is 0 Å². The molecule has 4 heteroatoms. The predicted molar refractivity (Wildman–Crippen MR) is 112 cm³/mol. The average molecular weight is 370 g/mol. The van der Waals surface area contributed by atoms with Gasteiger partial charge in [0.2, 0.25) is 0 Å². The van der Waals surface area contributed by atoms with Crippen LogP contribution in [0.5, 0.6) is 0 Å². The van der Waals surface area contributed by atoms with Crippen LogP contribution in [0.1, 0.15) is 50.7 Å². The number of nitrogens with zero attached hydrogens (tertiary/aromatic N) is 1. The van der Waals surface area contributed by atoms with Crippen LogP contribution in [0, 0.1) is 5.92 Å². The molecule has 3 heterocycles. The van der Waals surface area contributed by atoms with Crippen molar-refractivity contribution in [2.24, 2.45) is 5.92 Å². The highest BCUT2D eigenvalue weighted by Crippen LogP contribution is 2.28.